The molecule has 0 spiro atoms. The van der Waals surface area contributed by atoms with E-state index in [2.05, 4.69) is 15.3 Å². The zero-order chi connectivity index (χ0) is 10.7. The van der Waals surface area contributed by atoms with Gasteiger partial charge in [0.25, 0.3) is 0 Å². The Hall–Kier alpha value is -1.20. The van der Waals surface area contributed by atoms with Crippen LogP contribution in [0.15, 0.2) is 6.07 Å². The van der Waals surface area contributed by atoms with E-state index in [0.29, 0.717) is 5.69 Å². The average molecular weight is 215 g/mol. The normalized spacial score (nSPS) is 12.3. The van der Waals surface area contributed by atoms with Crippen molar-refractivity contribution < 1.29 is 4.79 Å². The molecular formula is C8H11ClN4O. The maximum absolute atomic E-state index is 11.2. The van der Waals surface area contributed by atoms with Crippen LogP contribution in [0.3, 0.4) is 0 Å². The second-order valence-corrected chi connectivity index (χ2v) is 3.32. The number of carbonyl (C=O) groups is 1. The average Bonchev–Trinajstić information content (AvgIpc) is 2.01. The first-order valence-electron chi connectivity index (χ1n) is 4.06. The number of nitrogens with one attached hydrogen (secondary N) is 1. The molecule has 0 radical (unpaired) electrons. The van der Waals surface area contributed by atoms with E-state index in [-0.39, 0.29) is 17.0 Å². The summed E-state index contributed by atoms with van der Waals surface area (Å²) < 4.78 is 0. The predicted molar refractivity (Wildman–Crippen MR) is 54.1 cm³/mol. The van der Waals surface area contributed by atoms with Crippen molar-refractivity contribution in [2.75, 3.05) is 5.32 Å². The number of aryl methyl sites for hydroxylation is 1. The minimum Gasteiger partial charge on any atom is -0.320 e. The lowest BCUT2D eigenvalue weighted by Crippen LogP contribution is -2.33. The Balaban J connectivity index is 2.82. The van der Waals surface area contributed by atoms with Crippen LogP contribution in [0.5, 0.6) is 0 Å². The number of hydrogen-bond donors (Lipinski definition) is 2. The van der Waals surface area contributed by atoms with Gasteiger partial charge in [-0.3, -0.25) is 10.1 Å². The molecule has 3 N–H and O–H groups in total. The van der Waals surface area contributed by atoms with Gasteiger partial charge in [0.2, 0.25) is 11.9 Å². The van der Waals surface area contributed by atoms with Crippen LogP contribution in [0.1, 0.15) is 12.6 Å². The summed E-state index contributed by atoms with van der Waals surface area (Å²) in [4.78, 5) is 19.0. The molecular weight excluding hydrogens is 204 g/mol. The number of amides is 1. The van der Waals surface area contributed by atoms with Crippen molar-refractivity contribution in [3.8, 4) is 0 Å². The summed E-state index contributed by atoms with van der Waals surface area (Å²) in [5.74, 6) is -0.163. The molecule has 0 bridgehead atoms. The Morgan fingerprint density at radius 1 is 1.64 bits per heavy atom. The number of nitrogens with zero attached hydrogens (tertiary/aromatic N) is 2. The topological polar surface area (TPSA) is 80.9 Å². The van der Waals surface area contributed by atoms with Crippen LogP contribution < -0.4 is 11.1 Å². The molecule has 0 aliphatic rings. The first kappa shape index (κ1) is 10.9. The number of anilines is 1. The molecule has 0 saturated carbocycles. The minimum absolute atomic E-state index is 0.178. The number of carbonyl (C=O) groups excluding carboxylic acids is 1. The molecule has 0 aliphatic heterocycles. The lowest BCUT2D eigenvalue weighted by molar-refractivity contribution is -0.117. The van der Waals surface area contributed by atoms with E-state index < -0.39 is 6.04 Å². The van der Waals surface area contributed by atoms with Gasteiger partial charge >= 0.3 is 0 Å². The Morgan fingerprint density at radius 2 is 2.29 bits per heavy atom. The molecule has 1 atom stereocenters. The lowest BCUT2D eigenvalue weighted by atomic mass is 10.3. The van der Waals surface area contributed by atoms with Crippen molar-refractivity contribution >= 4 is 23.5 Å². The molecule has 1 heterocycles. The molecule has 0 aromatic carbocycles. The maximum atomic E-state index is 11.2. The van der Waals surface area contributed by atoms with Crippen molar-refractivity contribution in [3.05, 3.63) is 16.9 Å². The van der Waals surface area contributed by atoms with Crippen LogP contribution in [0.4, 0.5) is 5.95 Å². The minimum atomic E-state index is -0.599. The Labute approximate surface area is 86.7 Å². The van der Waals surface area contributed by atoms with Gasteiger partial charge in [-0.25, -0.2) is 9.97 Å². The smallest absolute Gasteiger partial charge is 0.243 e. The largest absolute Gasteiger partial charge is 0.320 e. The van der Waals surface area contributed by atoms with Gasteiger partial charge in [0.15, 0.2) is 0 Å². The quantitative estimate of drug-likeness (QED) is 0.711. The first-order valence-corrected chi connectivity index (χ1v) is 4.44. The summed E-state index contributed by atoms with van der Waals surface area (Å²) in [5.41, 5.74) is 6.04. The molecule has 14 heavy (non-hydrogen) atoms. The van der Waals surface area contributed by atoms with E-state index >= 15 is 0 Å². The van der Waals surface area contributed by atoms with Crippen LogP contribution in [0.2, 0.25) is 5.15 Å². The summed E-state index contributed by atoms with van der Waals surface area (Å²) in [6.07, 6.45) is 0. The standard InChI is InChI=1S/C8H11ClN4O/c1-4-3-6(9)12-8(11-4)13-7(14)5(2)10/h3,5H,10H2,1-2H3,(H,11,12,13,14)/t5-/m1/s1. The highest BCUT2D eigenvalue weighted by molar-refractivity contribution is 6.29. The first-order chi connectivity index (χ1) is 6.49. The number of rotatable bonds is 2. The molecule has 1 aromatic heterocycles. The highest BCUT2D eigenvalue weighted by Crippen LogP contribution is 2.09. The van der Waals surface area contributed by atoms with E-state index in [1.165, 1.54) is 0 Å². The zero-order valence-electron chi connectivity index (χ0n) is 7.91. The molecule has 0 fully saturated rings. The third-order valence-electron chi connectivity index (χ3n) is 1.47. The molecule has 5 nitrogen and oxygen atoms in total. The van der Waals surface area contributed by atoms with Crippen molar-refractivity contribution in [3.63, 3.8) is 0 Å². The lowest BCUT2D eigenvalue weighted by Gasteiger charge is -2.06. The fourth-order valence-electron chi connectivity index (χ4n) is 0.810. The molecule has 0 aliphatic carbocycles. The number of nitrogens with two attached hydrogens (primary N) is 1. The summed E-state index contributed by atoms with van der Waals surface area (Å²) in [5, 5.41) is 2.74. The maximum Gasteiger partial charge on any atom is 0.243 e. The number of aromatic nitrogens is 2. The monoisotopic (exact) mass is 214 g/mol. The van der Waals surface area contributed by atoms with E-state index in [1.807, 2.05) is 0 Å². The van der Waals surface area contributed by atoms with Gasteiger partial charge in [0.1, 0.15) is 5.15 Å². The number of halogens is 1. The molecule has 0 unspecified atom stereocenters. The molecule has 1 rings (SSSR count). The molecule has 6 heteroatoms. The summed E-state index contributed by atoms with van der Waals surface area (Å²) in [6.45, 7) is 3.34. The van der Waals surface area contributed by atoms with E-state index in [4.69, 9.17) is 17.3 Å². The van der Waals surface area contributed by atoms with Crippen molar-refractivity contribution in [1.82, 2.24) is 9.97 Å². The Bertz CT molecular complexity index is 333. The molecule has 1 amide bonds. The second kappa shape index (κ2) is 4.34. The second-order valence-electron chi connectivity index (χ2n) is 2.93. The SMILES string of the molecule is Cc1cc(Cl)nc(NC(=O)[C@@H](C)N)n1. The van der Waals surface area contributed by atoms with Gasteiger partial charge in [-0.15, -0.1) is 0 Å². The van der Waals surface area contributed by atoms with Crippen LogP contribution in [-0.4, -0.2) is 21.9 Å². The number of hydrogen-bond acceptors (Lipinski definition) is 4. The van der Waals surface area contributed by atoms with Crippen molar-refractivity contribution in [2.45, 2.75) is 19.9 Å². The molecule has 1 aromatic rings. The summed E-state index contributed by atoms with van der Waals surface area (Å²) in [7, 11) is 0. The molecule has 76 valence electrons. The van der Waals surface area contributed by atoms with Crippen LogP contribution in [0, 0.1) is 6.92 Å². The van der Waals surface area contributed by atoms with Gasteiger partial charge < -0.3 is 5.73 Å². The van der Waals surface area contributed by atoms with Gasteiger partial charge in [-0.1, -0.05) is 11.6 Å². The van der Waals surface area contributed by atoms with Crippen LogP contribution in [-0.2, 0) is 4.79 Å². The predicted octanol–water partition coefficient (Wildman–Crippen LogP) is 0.724. The summed E-state index contributed by atoms with van der Waals surface area (Å²) in [6, 6.07) is 1.00. The zero-order valence-corrected chi connectivity index (χ0v) is 8.67. The summed E-state index contributed by atoms with van der Waals surface area (Å²) >= 11 is 5.68. The Kier molecular flexibility index (Phi) is 3.38. The molecule has 0 saturated heterocycles. The third kappa shape index (κ3) is 2.93. The fourth-order valence-corrected chi connectivity index (χ4v) is 1.05. The van der Waals surface area contributed by atoms with Gasteiger partial charge in [0.05, 0.1) is 6.04 Å². The highest BCUT2D eigenvalue weighted by atomic mass is 35.5. The van der Waals surface area contributed by atoms with E-state index in [0.717, 1.165) is 0 Å². The fraction of sp³-hybridized carbons (Fsp3) is 0.375. The van der Waals surface area contributed by atoms with Crippen LogP contribution in [0.25, 0.3) is 0 Å². The third-order valence-corrected chi connectivity index (χ3v) is 1.67. The highest BCUT2D eigenvalue weighted by Gasteiger charge is 2.09. The van der Waals surface area contributed by atoms with Gasteiger partial charge in [-0.05, 0) is 19.9 Å². The van der Waals surface area contributed by atoms with Gasteiger partial charge in [-0.2, -0.15) is 0 Å². The Morgan fingerprint density at radius 3 is 2.79 bits per heavy atom. The van der Waals surface area contributed by atoms with Crippen LogP contribution >= 0.6 is 11.6 Å². The van der Waals surface area contributed by atoms with Gasteiger partial charge in [0, 0.05) is 5.69 Å². The van der Waals surface area contributed by atoms with E-state index in [9.17, 15) is 4.79 Å². The van der Waals surface area contributed by atoms with Crippen molar-refractivity contribution in [1.29, 1.82) is 0 Å². The van der Waals surface area contributed by atoms with Crippen molar-refractivity contribution in [2.24, 2.45) is 5.73 Å². The van der Waals surface area contributed by atoms with E-state index in [1.54, 1.807) is 19.9 Å².